The van der Waals surface area contributed by atoms with Gasteiger partial charge in [-0.05, 0) is 48.0 Å². The summed E-state index contributed by atoms with van der Waals surface area (Å²) in [6.45, 7) is 0. The van der Waals surface area contributed by atoms with Gasteiger partial charge in [0.15, 0.2) is 16.7 Å². The van der Waals surface area contributed by atoms with Crippen molar-refractivity contribution in [1.82, 2.24) is 0 Å². The van der Waals surface area contributed by atoms with Gasteiger partial charge in [-0.15, -0.1) is 5.10 Å². The lowest BCUT2D eigenvalue weighted by Gasteiger charge is -2.15. The molecule has 1 unspecified atom stereocenters. The summed E-state index contributed by atoms with van der Waals surface area (Å²) in [5.74, 6) is -0.334. The molecule has 2 aromatic rings. The normalized spacial score (nSPS) is 17.7. The van der Waals surface area contributed by atoms with Gasteiger partial charge < -0.3 is 19.7 Å². The van der Waals surface area contributed by atoms with Gasteiger partial charge in [0.25, 0.3) is 0 Å². The van der Waals surface area contributed by atoms with Crippen molar-refractivity contribution in [3.05, 3.63) is 48.0 Å². The maximum absolute atomic E-state index is 12.7. The van der Waals surface area contributed by atoms with E-state index in [4.69, 9.17) is 14.6 Å². The highest BCUT2D eigenvalue weighted by atomic mass is 32.2. The van der Waals surface area contributed by atoms with Crippen LogP contribution in [0, 0.1) is 0 Å². The number of carboxylic acids is 1. The second-order valence-electron chi connectivity index (χ2n) is 6.14. The van der Waals surface area contributed by atoms with Crippen molar-refractivity contribution in [2.45, 2.75) is 11.7 Å². The maximum atomic E-state index is 12.7. The Balaban J connectivity index is 1.89. The van der Waals surface area contributed by atoms with E-state index in [1.165, 1.54) is 37.5 Å². The number of aliphatic carboxylic acids is 1. The summed E-state index contributed by atoms with van der Waals surface area (Å²) < 4.78 is 10.4. The molecule has 0 aromatic heterocycles. The van der Waals surface area contributed by atoms with Crippen LogP contribution in [0.25, 0.3) is 0 Å². The van der Waals surface area contributed by atoms with Crippen LogP contribution in [0.1, 0.15) is 12.0 Å². The van der Waals surface area contributed by atoms with E-state index < -0.39 is 17.1 Å². The minimum atomic E-state index is -1.08. The summed E-state index contributed by atoms with van der Waals surface area (Å²) in [6.07, 6.45) is 1.15. The first-order chi connectivity index (χ1) is 14.4. The van der Waals surface area contributed by atoms with Gasteiger partial charge in [-0.1, -0.05) is 11.8 Å². The summed E-state index contributed by atoms with van der Waals surface area (Å²) in [6, 6.07) is 11.2. The Morgan fingerprint density at radius 2 is 1.87 bits per heavy atom. The zero-order valence-electron chi connectivity index (χ0n) is 16.2. The molecule has 2 N–H and O–H groups in total. The highest BCUT2D eigenvalue weighted by Gasteiger charge is 2.40. The minimum absolute atomic E-state index is 0.0464. The van der Waals surface area contributed by atoms with E-state index in [1.807, 2.05) is 0 Å². The largest absolute Gasteiger partial charge is 0.508 e. The van der Waals surface area contributed by atoms with Crippen molar-refractivity contribution in [2.24, 2.45) is 10.2 Å². The standard InChI is InChI=1S/C20H19N3O6S/c1-28-15-8-3-12(9-16(15)29-2)11-21-22-20-23(13-4-6-14(24)7-5-13)19(27)17(30-20)10-18(25)26/h3-9,11,17,24H,10H2,1-2H3,(H,25,26). The number of carbonyl (C=O) groups excluding carboxylic acids is 1. The Hall–Kier alpha value is -3.53. The number of benzene rings is 2. The molecule has 1 aliphatic heterocycles. The summed E-state index contributed by atoms with van der Waals surface area (Å²) in [5, 5.41) is 26.2. The number of amides is 1. The number of hydrogen-bond acceptors (Lipinski definition) is 8. The Morgan fingerprint density at radius 1 is 1.17 bits per heavy atom. The number of phenols is 1. The number of amidine groups is 1. The van der Waals surface area contributed by atoms with Gasteiger partial charge in [0.1, 0.15) is 11.0 Å². The van der Waals surface area contributed by atoms with E-state index in [0.717, 1.165) is 11.8 Å². The van der Waals surface area contributed by atoms with Gasteiger partial charge in [0, 0.05) is 0 Å². The van der Waals surface area contributed by atoms with Crippen LogP contribution < -0.4 is 14.4 Å². The van der Waals surface area contributed by atoms with E-state index in [1.54, 1.807) is 30.3 Å². The third-order valence-corrected chi connectivity index (χ3v) is 5.29. The molecular formula is C20H19N3O6S. The smallest absolute Gasteiger partial charge is 0.305 e. The molecule has 1 aliphatic rings. The van der Waals surface area contributed by atoms with E-state index in [-0.39, 0.29) is 17.3 Å². The third-order valence-electron chi connectivity index (χ3n) is 4.16. The minimum Gasteiger partial charge on any atom is -0.508 e. The second-order valence-corrected chi connectivity index (χ2v) is 7.31. The average molecular weight is 429 g/mol. The zero-order chi connectivity index (χ0) is 21.7. The Labute approximate surface area is 176 Å². The number of anilines is 1. The first-order valence-electron chi connectivity index (χ1n) is 8.77. The number of aromatic hydroxyl groups is 1. The van der Waals surface area contributed by atoms with Gasteiger partial charge in [-0.25, -0.2) is 0 Å². The molecule has 2 aromatic carbocycles. The van der Waals surface area contributed by atoms with Crippen molar-refractivity contribution in [3.63, 3.8) is 0 Å². The van der Waals surface area contributed by atoms with Crippen molar-refractivity contribution < 1.29 is 29.3 Å². The van der Waals surface area contributed by atoms with E-state index in [2.05, 4.69) is 10.2 Å². The van der Waals surface area contributed by atoms with Crippen molar-refractivity contribution in [1.29, 1.82) is 0 Å². The van der Waals surface area contributed by atoms with E-state index in [9.17, 15) is 14.7 Å². The van der Waals surface area contributed by atoms with Crippen LogP contribution in [-0.4, -0.2) is 52.9 Å². The van der Waals surface area contributed by atoms with Gasteiger partial charge in [-0.2, -0.15) is 5.10 Å². The lowest BCUT2D eigenvalue weighted by atomic mass is 10.2. The molecule has 10 heteroatoms. The number of nitrogens with zero attached hydrogens (tertiary/aromatic N) is 3. The number of ether oxygens (including phenoxy) is 2. The molecule has 1 saturated heterocycles. The predicted molar refractivity (Wildman–Crippen MR) is 114 cm³/mol. The second kappa shape index (κ2) is 9.31. The lowest BCUT2D eigenvalue weighted by molar-refractivity contribution is -0.138. The van der Waals surface area contributed by atoms with E-state index >= 15 is 0 Å². The molecule has 0 aliphatic carbocycles. The predicted octanol–water partition coefficient (Wildman–Crippen LogP) is 2.72. The van der Waals surface area contributed by atoms with Gasteiger partial charge >= 0.3 is 5.97 Å². The Kier molecular flexibility index (Phi) is 6.58. The third kappa shape index (κ3) is 4.71. The highest BCUT2D eigenvalue weighted by molar-refractivity contribution is 8.16. The monoisotopic (exact) mass is 429 g/mol. The van der Waals surface area contributed by atoms with Crippen LogP contribution in [0.5, 0.6) is 17.2 Å². The van der Waals surface area contributed by atoms with Gasteiger partial charge in [0.05, 0.1) is 32.5 Å². The number of rotatable bonds is 7. The van der Waals surface area contributed by atoms with Crippen molar-refractivity contribution in [3.8, 4) is 17.2 Å². The molecule has 1 atom stereocenters. The summed E-state index contributed by atoms with van der Waals surface area (Å²) in [7, 11) is 3.06. The van der Waals surface area contributed by atoms with Crippen LogP contribution in [0.3, 0.4) is 0 Å². The Morgan fingerprint density at radius 3 is 2.50 bits per heavy atom. The molecule has 1 amide bonds. The first kappa shape index (κ1) is 21.2. The summed E-state index contributed by atoms with van der Waals surface area (Å²) in [4.78, 5) is 25.1. The van der Waals surface area contributed by atoms with Crippen LogP contribution in [0.4, 0.5) is 5.69 Å². The van der Waals surface area contributed by atoms with Crippen molar-refractivity contribution in [2.75, 3.05) is 19.1 Å². The van der Waals surface area contributed by atoms with Gasteiger partial charge in [0.2, 0.25) is 5.91 Å². The molecule has 0 bridgehead atoms. The highest BCUT2D eigenvalue weighted by Crippen LogP contribution is 2.34. The number of methoxy groups -OCH3 is 2. The van der Waals surface area contributed by atoms with E-state index in [0.29, 0.717) is 22.7 Å². The number of carboxylic acid groups (broad SMARTS) is 1. The molecule has 9 nitrogen and oxygen atoms in total. The lowest BCUT2D eigenvalue weighted by Crippen LogP contribution is -2.32. The molecular weight excluding hydrogens is 410 g/mol. The molecule has 1 heterocycles. The fraction of sp³-hybridized carbons (Fsp3) is 0.200. The fourth-order valence-corrected chi connectivity index (χ4v) is 3.82. The van der Waals surface area contributed by atoms with Crippen LogP contribution in [-0.2, 0) is 9.59 Å². The van der Waals surface area contributed by atoms with Crippen LogP contribution in [0.15, 0.2) is 52.7 Å². The molecule has 0 radical (unpaired) electrons. The van der Waals surface area contributed by atoms with Crippen molar-refractivity contribution >= 4 is 40.7 Å². The molecule has 0 spiro atoms. The molecule has 3 rings (SSSR count). The number of phenolic OH excluding ortho intramolecular Hbond substituents is 1. The summed E-state index contributed by atoms with van der Waals surface area (Å²) in [5.41, 5.74) is 1.16. The number of thioether (sulfide) groups is 1. The molecule has 1 fully saturated rings. The van der Waals surface area contributed by atoms with Gasteiger partial charge in [-0.3, -0.25) is 14.5 Å². The zero-order valence-corrected chi connectivity index (χ0v) is 17.0. The maximum Gasteiger partial charge on any atom is 0.305 e. The SMILES string of the molecule is COc1ccc(C=NN=C2SC(CC(=O)O)C(=O)N2c2ccc(O)cc2)cc1OC. The van der Waals surface area contributed by atoms with Crippen LogP contribution >= 0.6 is 11.8 Å². The quantitative estimate of drug-likeness (QED) is 0.513. The number of carbonyl (C=O) groups is 2. The fourth-order valence-electron chi connectivity index (χ4n) is 2.74. The molecule has 30 heavy (non-hydrogen) atoms. The summed E-state index contributed by atoms with van der Waals surface area (Å²) >= 11 is 1.03. The molecule has 156 valence electrons. The first-order valence-corrected chi connectivity index (χ1v) is 9.65. The Bertz CT molecular complexity index is 1010. The average Bonchev–Trinajstić information content (AvgIpc) is 3.03. The number of hydrogen-bond donors (Lipinski definition) is 2. The van der Waals surface area contributed by atoms with Crippen LogP contribution in [0.2, 0.25) is 0 Å². The topological polar surface area (TPSA) is 121 Å². The molecule has 0 saturated carbocycles.